The molecule has 0 aromatic carbocycles. The molecule has 1 aromatic heterocycles. The van der Waals surface area contributed by atoms with Crippen molar-refractivity contribution < 1.29 is 9.53 Å². The predicted molar refractivity (Wildman–Crippen MR) is 83.3 cm³/mol. The fourth-order valence-electron chi connectivity index (χ4n) is 2.51. The van der Waals surface area contributed by atoms with Crippen LogP contribution in [0, 0.1) is 0 Å². The van der Waals surface area contributed by atoms with Crippen molar-refractivity contribution in [3.63, 3.8) is 0 Å². The van der Waals surface area contributed by atoms with Crippen LogP contribution in [-0.4, -0.2) is 50.5 Å². The van der Waals surface area contributed by atoms with E-state index in [2.05, 4.69) is 15.5 Å². The Labute approximate surface area is 132 Å². The van der Waals surface area contributed by atoms with Gasteiger partial charge in [-0.25, -0.2) is 4.79 Å². The van der Waals surface area contributed by atoms with Crippen LogP contribution < -0.4 is 5.32 Å². The van der Waals surface area contributed by atoms with Crippen molar-refractivity contribution in [1.29, 1.82) is 0 Å². The molecule has 0 spiro atoms. The maximum Gasteiger partial charge on any atom is 0.410 e. The number of carbonyl (C=O) groups excluding carboxylic acids is 1. The smallest absolute Gasteiger partial charge is 0.410 e. The Hall–Kier alpha value is -1.63. The fourth-order valence-corrected chi connectivity index (χ4v) is 2.51. The molecule has 1 atom stereocenters. The highest BCUT2D eigenvalue weighted by molar-refractivity contribution is 5.68. The van der Waals surface area contributed by atoms with Crippen LogP contribution in [0.5, 0.6) is 0 Å². The van der Waals surface area contributed by atoms with Gasteiger partial charge in [-0.15, -0.1) is 10.2 Å². The van der Waals surface area contributed by atoms with Gasteiger partial charge in [-0.3, -0.25) is 0 Å². The summed E-state index contributed by atoms with van der Waals surface area (Å²) in [6.07, 6.45) is 4.46. The first-order chi connectivity index (χ1) is 10.3. The standard InChI is InChI=1S/C15H27N5O2/c1-15(2,3)22-14(21)20-8-5-6-12(7-9-20)16-10-13-18-17-11-19(13)4/h11-12,16H,5-10H2,1-4H3. The SMILES string of the molecule is Cn1cnnc1CNC1CCCN(C(=O)OC(C)(C)C)CC1. The quantitative estimate of drug-likeness (QED) is 0.920. The second kappa shape index (κ2) is 7.09. The van der Waals surface area contributed by atoms with Crippen molar-refractivity contribution in [3.8, 4) is 0 Å². The van der Waals surface area contributed by atoms with E-state index >= 15 is 0 Å². The number of carbonyl (C=O) groups is 1. The molecule has 1 unspecified atom stereocenters. The normalized spacial score (nSPS) is 19.8. The van der Waals surface area contributed by atoms with Crippen LogP contribution in [0.15, 0.2) is 6.33 Å². The minimum atomic E-state index is -0.438. The molecule has 1 aromatic rings. The second-order valence-electron chi connectivity index (χ2n) is 6.83. The number of rotatable bonds is 3. The molecule has 1 saturated heterocycles. The highest BCUT2D eigenvalue weighted by atomic mass is 16.6. The van der Waals surface area contributed by atoms with Gasteiger partial charge >= 0.3 is 6.09 Å². The van der Waals surface area contributed by atoms with Gasteiger partial charge in [-0.1, -0.05) is 0 Å². The lowest BCUT2D eigenvalue weighted by Gasteiger charge is -2.26. The van der Waals surface area contributed by atoms with E-state index in [-0.39, 0.29) is 6.09 Å². The Kier molecular flexibility index (Phi) is 5.39. The van der Waals surface area contributed by atoms with Crippen molar-refractivity contribution in [2.75, 3.05) is 13.1 Å². The van der Waals surface area contributed by atoms with E-state index < -0.39 is 5.60 Å². The molecule has 0 radical (unpaired) electrons. The lowest BCUT2D eigenvalue weighted by Crippen LogP contribution is -2.38. The van der Waals surface area contributed by atoms with Crippen LogP contribution in [0.25, 0.3) is 0 Å². The molecule has 0 saturated carbocycles. The van der Waals surface area contributed by atoms with E-state index in [0.717, 1.165) is 38.2 Å². The third-order valence-corrected chi connectivity index (χ3v) is 3.73. The summed E-state index contributed by atoms with van der Waals surface area (Å²) in [6, 6.07) is 0.393. The van der Waals surface area contributed by atoms with Crippen LogP contribution in [-0.2, 0) is 18.3 Å². The van der Waals surface area contributed by atoms with Crippen LogP contribution >= 0.6 is 0 Å². The molecule has 2 heterocycles. The first-order valence-electron chi connectivity index (χ1n) is 7.89. The van der Waals surface area contributed by atoms with Crippen LogP contribution in [0.2, 0.25) is 0 Å². The average Bonchev–Trinajstić information content (AvgIpc) is 2.69. The summed E-state index contributed by atoms with van der Waals surface area (Å²) >= 11 is 0. The first kappa shape index (κ1) is 16.7. The van der Waals surface area contributed by atoms with Crippen molar-refractivity contribution in [2.24, 2.45) is 7.05 Å². The van der Waals surface area contributed by atoms with Gasteiger partial charge in [0.2, 0.25) is 0 Å². The molecular weight excluding hydrogens is 282 g/mol. The molecular formula is C15H27N5O2. The molecule has 0 bridgehead atoms. The molecule has 1 fully saturated rings. The number of aryl methyl sites for hydroxylation is 1. The minimum Gasteiger partial charge on any atom is -0.444 e. The van der Waals surface area contributed by atoms with Crippen molar-refractivity contribution in [2.45, 2.75) is 58.2 Å². The van der Waals surface area contributed by atoms with Crippen molar-refractivity contribution in [3.05, 3.63) is 12.2 Å². The average molecular weight is 309 g/mol. The molecule has 1 aliphatic rings. The molecule has 1 N–H and O–H groups in total. The van der Waals surface area contributed by atoms with E-state index in [0.29, 0.717) is 12.6 Å². The molecule has 0 aliphatic carbocycles. The number of likely N-dealkylation sites (tertiary alicyclic amines) is 1. The maximum atomic E-state index is 12.1. The maximum absolute atomic E-state index is 12.1. The van der Waals surface area contributed by atoms with Gasteiger partial charge < -0.3 is 19.5 Å². The molecule has 7 heteroatoms. The Morgan fingerprint density at radius 1 is 1.41 bits per heavy atom. The van der Waals surface area contributed by atoms with Gasteiger partial charge in [0, 0.05) is 26.2 Å². The number of amides is 1. The number of hydrogen-bond donors (Lipinski definition) is 1. The topological polar surface area (TPSA) is 72.3 Å². The lowest BCUT2D eigenvalue weighted by molar-refractivity contribution is 0.0256. The summed E-state index contributed by atoms with van der Waals surface area (Å²) in [5.41, 5.74) is -0.438. The third-order valence-electron chi connectivity index (χ3n) is 3.73. The van der Waals surface area contributed by atoms with E-state index in [4.69, 9.17) is 4.74 Å². The van der Waals surface area contributed by atoms with Gasteiger partial charge in [0.1, 0.15) is 17.8 Å². The molecule has 22 heavy (non-hydrogen) atoms. The summed E-state index contributed by atoms with van der Waals surface area (Å²) in [4.78, 5) is 13.9. The zero-order valence-corrected chi connectivity index (χ0v) is 14.0. The number of aromatic nitrogens is 3. The fraction of sp³-hybridized carbons (Fsp3) is 0.800. The second-order valence-corrected chi connectivity index (χ2v) is 6.83. The lowest BCUT2D eigenvalue weighted by atomic mass is 10.1. The Morgan fingerprint density at radius 3 is 2.82 bits per heavy atom. The zero-order chi connectivity index (χ0) is 16.2. The predicted octanol–water partition coefficient (Wildman–Crippen LogP) is 1.69. The summed E-state index contributed by atoms with van der Waals surface area (Å²) in [5, 5.41) is 11.5. The number of ether oxygens (including phenoxy) is 1. The van der Waals surface area contributed by atoms with Gasteiger partial charge in [0.25, 0.3) is 0 Å². The van der Waals surface area contributed by atoms with Gasteiger partial charge in [-0.2, -0.15) is 0 Å². The van der Waals surface area contributed by atoms with E-state index in [1.165, 1.54) is 0 Å². The largest absolute Gasteiger partial charge is 0.444 e. The monoisotopic (exact) mass is 309 g/mol. The summed E-state index contributed by atoms with van der Waals surface area (Å²) in [6.45, 7) is 7.88. The van der Waals surface area contributed by atoms with E-state index in [1.807, 2.05) is 37.3 Å². The van der Waals surface area contributed by atoms with Crippen LogP contribution in [0.1, 0.15) is 45.9 Å². The Bertz CT molecular complexity index is 494. The summed E-state index contributed by atoms with van der Waals surface area (Å²) in [7, 11) is 1.94. The number of nitrogens with zero attached hydrogens (tertiary/aromatic N) is 4. The molecule has 7 nitrogen and oxygen atoms in total. The third kappa shape index (κ3) is 4.98. The molecule has 1 aliphatic heterocycles. The van der Waals surface area contributed by atoms with E-state index in [9.17, 15) is 4.79 Å². The van der Waals surface area contributed by atoms with Crippen molar-refractivity contribution in [1.82, 2.24) is 25.0 Å². The summed E-state index contributed by atoms with van der Waals surface area (Å²) in [5.74, 6) is 0.924. The highest BCUT2D eigenvalue weighted by Gasteiger charge is 2.25. The zero-order valence-electron chi connectivity index (χ0n) is 14.0. The molecule has 2 rings (SSSR count). The van der Waals surface area contributed by atoms with Gasteiger partial charge in [-0.05, 0) is 40.0 Å². The van der Waals surface area contributed by atoms with Crippen LogP contribution in [0.3, 0.4) is 0 Å². The van der Waals surface area contributed by atoms with Gasteiger partial charge in [0.15, 0.2) is 0 Å². The molecule has 1 amide bonds. The first-order valence-corrected chi connectivity index (χ1v) is 7.89. The van der Waals surface area contributed by atoms with Gasteiger partial charge in [0.05, 0.1) is 6.54 Å². The van der Waals surface area contributed by atoms with E-state index in [1.54, 1.807) is 6.33 Å². The Morgan fingerprint density at radius 2 is 2.18 bits per heavy atom. The minimum absolute atomic E-state index is 0.207. The van der Waals surface area contributed by atoms with Crippen molar-refractivity contribution >= 4 is 6.09 Å². The van der Waals surface area contributed by atoms with Crippen LogP contribution in [0.4, 0.5) is 4.79 Å². The Balaban J connectivity index is 1.80. The summed E-state index contributed by atoms with van der Waals surface area (Å²) < 4.78 is 7.36. The molecule has 124 valence electrons. The number of hydrogen-bond acceptors (Lipinski definition) is 5. The highest BCUT2D eigenvalue weighted by Crippen LogP contribution is 2.15. The number of nitrogens with one attached hydrogen (secondary N) is 1.